The molecule has 4 rings (SSSR count). The molecule has 0 spiro atoms. The second-order valence-corrected chi connectivity index (χ2v) is 10.3. The molecule has 8 N–H and O–H groups in total. The molecule has 0 aromatic heterocycles. The number of carbonyl (C=O) groups is 3. The Balaban J connectivity index is 1.58. The van der Waals surface area contributed by atoms with Gasteiger partial charge in [0.15, 0.2) is 0 Å². The fourth-order valence-corrected chi connectivity index (χ4v) is 4.96. The van der Waals surface area contributed by atoms with Gasteiger partial charge in [-0.05, 0) is 69.0 Å². The molecule has 2 atom stereocenters. The number of rotatable bonds is 6. The highest BCUT2D eigenvalue weighted by atomic mass is 16.2. The highest BCUT2D eigenvalue weighted by Gasteiger charge is 2.53. The van der Waals surface area contributed by atoms with E-state index < -0.39 is 22.9 Å². The van der Waals surface area contributed by atoms with E-state index in [0.717, 1.165) is 22.4 Å². The summed E-state index contributed by atoms with van der Waals surface area (Å²) in [5, 5.41) is 8.69. The standard InChI is InChI=1S/C29H34N6O3/c1-28(2,30)29(3,22-17-14-19-8-4-6-10-23(19)33-25(22)36)26(37)32-20-15-12-18(13-16-20)21-9-5-7-11-24(21)34-27(38)35-31/h4-13,15-16,22H,14,17,30-31H2,1-3H3,(H,32,37)(H,33,36)(H2,34,35,38)/t22-,29?/m0/s1. The molecule has 0 saturated heterocycles. The SMILES string of the molecule is CC(C)(N)C(C)(C(=O)Nc1ccc(-c2ccccc2NC(=O)NN)cc1)[C@H]1CCc2ccccc2NC1=O. The van der Waals surface area contributed by atoms with Gasteiger partial charge in [-0.3, -0.25) is 15.0 Å². The third-order valence-corrected chi connectivity index (χ3v) is 7.56. The third-order valence-electron chi connectivity index (χ3n) is 7.56. The van der Waals surface area contributed by atoms with Crippen LogP contribution in [0.2, 0.25) is 0 Å². The van der Waals surface area contributed by atoms with Crippen molar-refractivity contribution in [2.75, 3.05) is 16.0 Å². The first-order chi connectivity index (χ1) is 18.0. The average molecular weight is 515 g/mol. The van der Waals surface area contributed by atoms with Crippen molar-refractivity contribution in [3.05, 3.63) is 78.4 Å². The van der Waals surface area contributed by atoms with Crippen LogP contribution in [0.4, 0.5) is 21.9 Å². The quantitative estimate of drug-likeness (QED) is 0.165. The smallest absolute Gasteiger partial charge is 0.326 e. The number of hydrogen-bond acceptors (Lipinski definition) is 5. The van der Waals surface area contributed by atoms with Crippen LogP contribution >= 0.6 is 0 Å². The summed E-state index contributed by atoms with van der Waals surface area (Å²) < 4.78 is 0. The molecule has 9 nitrogen and oxygen atoms in total. The summed E-state index contributed by atoms with van der Waals surface area (Å²) in [6.45, 7) is 5.33. The van der Waals surface area contributed by atoms with E-state index in [2.05, 4.69) is 21.4 Å². The minimum Gasteiger partial charge on any atom is -0.326 e. The van der Waals surface area contributed by atoms with Crippen molar-refractivity contribution in [3.63, 3.8) is 0 Å². The van der Waals surface area contributed by atoms with Crippen LogP contribution in [0, 0.1) is 11.3 Å². The molecule has 0 fully saturated rings. The Kier molecular flexibility index (Phi) is 7.52. The number of hydrazine groups is 1. The molecule has 38 heavy (non-hydrogen) atoms. The van der Waals surface area contributed by atoms with Gasteiger partial charge in [0.25, 0.3) is 0 Å². The van der Waals surface area contributed by atoms with Gasteiger partial charge in [0.05, 0.1) is 17.0 Å². The van der Waals surface area contributed by atoms with Gasteiger partial charge < -0.3 is 21.7 Å². The number of nitrogens with one attached hydrogen (secondary N) is 4. The van der Waals surface area contributed by atoms with Crippen molar-refractivity contribution in [1.29, 1.82) is 0 Å². The number of anilines is 3. The number of urea groups is 1. The number of benzene rings is 3. The zero-order chi connectivity index (χ0) is 27.5. The molecule has 1 heterocycles. The van der Waals surface area contributed by atoms with E-state index in [1.165, 1.54) is 0 Å². The predicted octanol–water partition coefficient (Wildman–Crippen LogP) is 4.23. The van der Waals surface area contributed by atoms with E-state index in [1.54, 1.807) is 39.0 Å². The lowest BCUT2D eigenvalue weighted by Crippen LogP contribution is -2.61. The number of fused-ring (bicyclic) bond motifs is 1. The molecule has 9 heteroatoms. The molecule has 4 amide bonds. The van der Waals surface area contributed by atoms with Crippen LogP contribution < -0.4 is 33.0 Å². The van der Waals surface area contributed by atoms with Gasteiger partial charge in [-0.15, -0.1) is 0 Å². The molecular weight excluding hydrogens is 480 g/mol. The van der Waals surface area contributed by atoms with E-state index in [4.69, 9.17) is 11.6 Å². The van der Waals surface area contributed by atoms with Crippen LogP contribution in [0.1, 0.15) is 32.8 Å². The second kappa shape index (κ2) is 10.6. The van der Waals surface area contributed by atoms with Gasteiger partial charge in [-0.25, -0.2) is 10.6 Å². The molecule has 1 aliphatic heterocycles. The van der Waals surface area contributed by atoms with Crippen molar-refractivity contribution in [2.24, 2.45) is 22.9 Å². The van der Waals surface area contributed by atoms with Crippen LogP contribution in [0.25, 0.3) is 11.1 Å². The van der Waals surface area contributed by atoms with Crippen molar-refractivity contribution in [1.82, 2.24) is 5.43 Å². The molecule has 0 aliphatic carbocycles. The first kappa shape index (κ1) is 26.8. The summed E-state index contributed by atoms with van der Waals surface area (Å²) in [5.41, 5.74) is 11.0. The molecular formula is C29H34N6O3. The summed E-state index contributed by atoms with van der Waals surface area (Å²) in [4.78, 5) is 38.9. The number of aryl methyl sites for hydroxylation is 1. The molecule has 3 aromatic carbocycles. The minimum absolute atomic E-state index is 0.216. The fraction of sp³-hybridized carbons (Fsp3) is 0.276. The molecule has 3 aromatic rings. The van der Waals surface area contributed by atoms with Gasteiger partial charge >= 0.3 is 6.03 Å². The maximum Gasteiger partial charge on any atom is 0.333 e. The zero-order valence-corrected chi connectivity index (χ0v) is 21.8. The van der Waals surface area contributed by atoms with Crippen molar-refractivity contribution >= 4 is 34.9 Å². The number of nitrogens with two attached hydrogens (primary N) is 2. The van der Waals surface area contributed by atoms with Gasteiger partial charge in [0.2, 0.25) is 11.8 Å². The molecule has 0 bridgehead atoms. The third kappa shape index (κ3) is 5.25. The predicted molar refractivity (Wildman–Crippen MR) is 150 cm³/mol. The maximum atomic E-state index is 13.8. The number of amides is 4. The first-order valence-corrected chi connectivity index (χ1v) is 12.5. The normalized spacial score (nSPS) is 16.8. The monoisotopic (exact) mass is 514 g/mol. The van der Waals surface area contributed by atoms with Crippen LogP contribution in [-0.4, -0.2) is 23.4 Å². The molecule has 0 saturated carbocycles. The summed E-state index contributed by atoms with van der Waals surface area (Å²) in [5.74, 6) is 4.02. The molecule has 1 unspecified atom stereocenters. The largest absolute Gasteiger partial charge is 0.333 e. The van der Waals surface area contributed by atoms with E-state index in [9.17, 15) is 14.4 Å². The van der Waals surface area contributed by atoms with E-state index in [0.29, 0.717) is 24.2 Å². The summed E-state index contributed by atoms with van der Waals surface area (Å²) in [6, 6.07) is 21.7. The minimum atomic E-state index is -1.20. The van der Waals surface area contributed by atoms with Crippen LogP contribution in [0.3, 0.4) is 0 Å². The summed E-state index contributed by atoms with van der Waals surface area (Å²) >= 11 is 0. The Bertz CT molecular complexity index is 1350. The Morgan fingerprint density at radius 1 is 0.921 bits per heavy atom. The van der Waals surface area contributed by atoms with Crippen LogP contribution in [0.15, 0.2) is 72.8 Å². The van der Waals surface area contributed by atoms with Crippen molar-refractivity contribution < 1.29 is 14.4 Å². The van der Waals surface area contributed by atoms with E-state index in [1.807, 2.05) is 54.6 Å². The maximum absolute atomic E-state index is 13.8. The Hall–Kier alpha value is -4.21. The number of hydrogen-bond donors (Lipinski definition) is 6. The van der Waals surface area contributed by atoms with E-state index >= 15 is 0 Å². The molecule has 0 radical (unpaired) electrons. The van der Waals surface area contributed by atoms with Gasteiger partial charge in [-0.1, -0.05) is 48.5 Å². The van der Waals surface area contributed by atoms with Gasteiger partial charge in [0.1, 0.15) is 0 Å². The highest BCUT2D eigenvalue weighted by molar-refractivity contribution is 6.03. The van der Waals surface area contributed by atoms with E-state index in [-0.39, 0.29) is 11.8 Å². The van der Waals surface area contributed by atoms with Crippen molar-refractivity contribution in [3.8, 4) is 11.1 Å². The van der Waals surface area contributed by atoms with Gasteiger partial charge in [-0.2, -0.15) is 0 Å². The van der Waals surface area contributed by atoms with Crippen molar-refractivity contribution in [2.45, 2.75) is 39.2 Å². The Morgan fingerprint density at radius 2 is 1.58 bits per heavy atom. The molecule has 1 aliphatic rings. The Labute approximate surface area is 222 Å². The van der Waals surface area contributed by atoms with Crippen LogP contribution in [0.5, 0.6) is 0 Å². The topological polar surface area (TPSA) is 151 Å². The lowest BCUT2D eigenvalue weighted by molar-refractivity contribution is -0.139. The number of para-hydroxylation sites is 2. The lowest BCUT2D eigenvalue weighted by atomic mass is 9.62. The summed E-state index contributed by atoms with van der Waals surface area (Å²) in [7, 11) is 0. The Morgan fingerprint density at radius 3 is 2.26 bits per heavy atom. The highest BCUT2D eigenvalue weighted by Crippen LogP contribution is 2.43. The number of carbonyl (C=O) groups excluding carboxylic acids is 3. The average Bonchev–Trinajstić information content (AvgIpc) is 3.06. The lowest BCUT2D eigenvalue weighted by Gasteiger charge is -2.44. The van der Waals surface area contributed by atoms with Gasteiger partial charge in [0, 0.05) is 22.5 Å². The second-order valence-electron chi connectivity index (χ2n) is 10.3. The first-order valence-electron chi connectivity index (χ1n) is 12.5. The van der Waals surface area contributed by atoms with Crippen LogP contribution in [-0.2, 0) is 16.0 Å². The fourth-order valence-electron chi connectivity index (χ4n) is 4.96. The zero-order valence-electron chi connectivity index (χ0n) is 21.8. The summed E-state index contributed by atoms with van der Waals surface area (Å²) in [6.07, 6.45) is 1.15. The molecule has 198 valence electrons.